The molecule has 0 aromatic heterocycles. The Bertz CT molecular complexity index is 465. The average Bonchev–Trinajstić information content (AvgIpc) is 2.84. The topological polar surface area (TPSA) is 35.6 Å². The number of aryl methyl sites for hydroxylation is 1. The minimum atomic E-state index is 0.113. The molecule has 1 atom stereocenters. The average molecular weight is 273 g/mol. The summed E-state index contributed by atoms with van der Waals surface area (Å²) in [5, 5.41) is 3.34. The van der Waals surface area contributed by atoms with Gasteiger partial charge in [-0.2, -0.15) is 0 Å². The molecule has 0 saturated carbocycles. The summed E-state index contributed by atoms with van der Waals surface area (Å²) in [7, 11) is 0. The van der Waals surface area contributed by atoms with E-state index in [1.165, 1.54) is 11.1 Å². The van der Waals surface area contributed by atoms with Crippen LogP contribution in [0.3, 0.4) is 0 Å². The molecule has 2 fully saturated rings. The van der Waals surface area contributed by atoms with E-state index in [4.69, 9.17) is 0 Å². The largest absolute Gasteiger partial charge is 0.337 e. The molecular weight excluding hydrogens is 250 g/mol. The molecule has 0 radical (unpaired) electrons. The summed E-state index contributed by atoms with van der Waals surface area (Å²) >= 11 is 0. The smallest absolute Gasteiger partial charge is 0.240 e. The lowest BCUT2D eigenvalue weighted by molar-refractivity contribution is -0.132. The third kappa shape index (κ3) is 2.86. The maximum Gasteiger partial charge on any atom is 0.240 e. The van der Waals surface area contributed by atoms with Gasteiger partial charge in [-0.25, -0.2) is 0 Å². The van der Waals surface area contributed by atoms with Gasteiger partial charge >= 0.3 is 0 Å². The fourth-order valence-electron chi connectivity index (χ4n) is 3.13. The van der Waals surface area contributed by atoms with E-state index < -0.39 is 0 Å². The fourth-order valence-corrected chi connectivity index (χ4v) is 3.13. The molecule has 1 amide bonds. The number of amides is 1. The lowest BCUT2D eigenvalue weighted by Crippen LogP contribution is -2.51. The van der Waals surface area contributed by atoms with Gasteiger partial charge in [0.2, 0.25) is 5.91 Å². The van der Waals surface area contributed by atoms with Crippen molar-refractivity contribution in [1.29, 1.82) is 0 Å². The molecule has 1 aromatic carbocycles. The zero-order valence-corrected chi connectivity index (χ0v) is 12.1. The molecule has 108 valence electrons. The molecule has 3 rings (SSSR count). The Morgan fingerprint density at radius 2 is 1.85 bits per heavy atom. The highest BCUT2D eigenvalue weighted by molar-refractivity contribution is 5.84. The van der Waals surface area contributed by atoms with Crippen molar-refractivity contribution < 1.29 is 4.79 Å². The third-order valence-electron chi connectivity index (χ3n) is 4.36. The number of benzene rings is 1. The third-order valence-corrected chi connectivity index (χ3v) is 4.36. The summed E-state index contributed by atoms with van der Waals surface area (Å²) in [6, 6.07) is 8.59. The number of likely N-dealkylation sites (tertiary alicyclic amines) is 1. The molecule has 0 spiro atoms. The first-order valence-corrected chi connectivity index (χ1v) is 7.53. The van der Waals surface area contributed by atoms with Crippen LogP contribution >= 0.6 is 0 Å². The number of hydrogen-bond donors (Lipinski definition) is 1. The molecule has 1 aromatic rings. The molecule has 0 aliphatic carbocycles. The van der Waals surface area contributed by atoms with Crippen LogP contribution in [0.4, 0.5) is 0 Å². The van der Waals surface area contributed by atoms with Crippen LogP contribution in [0.15, 0.2) is 24.3 Å². The van der Waals surface area contributed by atoms with E-state index in [-0.39, 0.29) is 6.04 Å². The molecule has 0 bridgehead atoms. The van der Waals surface area contributed by atoms with E-state index in [1.54, 1.807) is 0 Å². The standard InChI is InChI=1S/C16H23N3O/c1-13-2-4-14(5-3-13)12-19-9-6-15(16(19)20)18-10-7-17-8-11-18/h2-5,15,17H,6-12H2,1H3. The summed E-state index contributed by atoms with van der Waals surface area (Å²) in [6.45, 7) is 7.72. The van der Waals surface area contributed by atoms with Crippen molar-refractivity contribution in [3.05, 3.63) is 35.4 Å². The molecule has 1 N–H and O–H groups in total. The van der Waals surface area contributed by atoms with E-state index in [1.807, 2.05) is 4.90 Å². The van der Waals surface area contributed by atoms with Gasteiger partial charge in [0.25, 0.3) is 0 Å². The predicted octanol–water partition coefficient (Wildman–Crippen LogP) is 1.00. The van der Waals surface area contributed by atoms with Crippen LogP contribution in [-0.4, -0.2) is 54.5 Å². The summed E-state index contributed by atoms with van der Waals surface area (Å²) < 4.78 is 0. The van der Waals surface area contributed by atoms with Crippen LogP contribution in [-0.2, 0) is 11.3 Å². The first-order chi connectivity index (χ1) is 9.74. The number of hydrogen-bond acceptors (Lipinski definition) is 3. The second-order valence-corrected chi connectivity index (χ2v) is 5.84. The summed E-state index contributed by atoms with van der Waals surface area (Å²) in [4.78, 5) is 16.9. The van der Waals surface area contributed by atoms with Crippen LogP contribution in [0.25, 0.3) is 0 Å². The van der Waals surface area contributed by atoms with Crippen LogP contribution in [0.1, 0.15) is 17.5 Å². The molecule has 2 aliphatic heterocycles. The second-order valence-electron chi connectivity index (χ2n) is 5.84. The second kappa shape index (κ2) is 5.94. The molecule has 4 heteroatoms. The normalized spacial score (nSPS) is 24.4. The van der Waals surface area contributed by atoms with Crippen LogP contribution < -0.4 is 5.32 Å². The number of piperazine rings is 1. The lowest BCUT2D eigenvalue weighted by atomic mass is 10.1. The Morgan fingerprint density at radius 1 is 1.15 bits per heavy atom. The van der Waals surface area contributed by atoms with Crippen LogP contribution in [0.5, 0.6) is 0 Å². The number of carbonyl (C=O) groups is 1. The van der Waals surface area contributed by atoms with E-state index in [0.717, 1.165) is 45.7 Å². The molecule has 1 unspecified atom stereocenters. The summed E-state index contributed by atoms with van der Waals surface area (Å²) in [5.41, 5.74) is 2.49. The van der Waals surface area contributed by atoms with E-state index in [0.29, 0.717) is 5.91 Å². The van der Waals surface area contributed by atoms with Crippen molar-refractivity contribution in [3.63, 3.8) is 0 Å². The number of rotatable bonds is 3. The van der Waals surface area contributed by atoms with Crippen molar-refractivity contribution in [2.75, 3.05) is 32.7 Å². The van der Waals surface area contributed by atoms with E-state index in [2.05, 4.69) is 41.4 Å². The maximum absolute atomic E-state index is 12.5. The molecular formula is C16H23N3O. The van der Waals surface area contributed by atoms with E-state index >= 15 is 0 Å². The van der Waals surface area contributed by atoms with Gasteiger partial charge in [0, 0.05) is 39.3 Å². The fraction of sp³-hybridized carbons (Fsp3) is 0.562. The SMILES string of the molecule is Cc1ccc(CN2CCC(N3CCNCC3)C2=O)cc1. The highest BCUT2D eigenvalue weighted by atomic mass is 16.2. The Morgan fingerprint density at radius 3 is 2.55 bits per heavy atom. The van der Waals surface area contributed by atoms with Gasteiger partial charge in [-0.1, -0.05) is 29.8 Å². The zero-order valence-electron chi connectivity index (χ0n) is 12.1. The first-order valence-electron chi connectivity index (χ1n) is 7.53. The predicted molar refractivity (Wildman–Crippen MR) is 79.4 cm³/mol. The van der Waals surface area contributed by atoms with Crippen molar-refractivity contribution in [3.8, 4) is 0 Å². The quantitative estimate of drug-likeness (QED) is 0.892. The van der Waals surface area contributed by atoms with Gasteiger partial charge in [-0.15, -0.1) is 0 Å². The Hall–Kier alpha value is -1.39. The van der Waals surface area contributed by atoms with Crippen molar-refractivity contribution in [2.45, 2.75) is 25.9 Å². The lowest BCUT2D eigenvalue weighted by Gasteiger charge is -2.31. The number of nitrogens with one attached hydrogen (secondary N) is 1. The number of nitrogens with zero attached hydrogens (tertiary/aromatic N) is 2. The van der Waals surface area contributed by atoms with Crippen molar-refractivity contribution in [2.24, 2.45) is 0 Å². The zero-order chi connectivity index (χ0) is 13.9. The van der Waals surface area contributed by atoms with Crippen LogP contribution in [0, 0.1) is 6.92 Å². The highest BCUT2D eigenvalue weighted by Crippen LogP contribution is 2.20. The molecule has 20 heavy (non-hydrogen) atoms. The monoisotopic (exact) mass is 273 g/mol. The minimum absolute atomic E-state index is 0.113. The Balaban J connectivity index is 1.61. The van der Waals surface area contributed by atoms with Gasteiger partial charge in [0.15, 0.2) is 0 Å². The molecule has 4 nitrogen and oxygen atoms in total. The van der Waals surface area contributed by atoms with Crippen molar-refractivity contribution >= 4 is 5.91 Å². The highest BCUT2D eigenvalue weighted by Gasteiger charge is 2.35. The molecule has 2 aliphatic rings. The van der Waals surface area contributed by atoms with Gasteiger partial charge in [-0.3, -0.25) is 9.69 Å². The summed E-state index contributed by atoms with van der Waals surface area (Å²) in [5.74, 6) is 0.312. The van der Waals surface area contributed by atoms with Crippen molar-refractivity contribution in [1.82, 2.24) is 15.1 Å². The molecule has 2 saturated heterocycles. The Labute approximate surface area is 120 Å². The van der Waals surface area contributed by atoms with Crippen LogP contribution in [0.2, 0.25) is 0 Å². The van der Waals surface area contributed by atoms with Gasteiger partial charge in [-0.05, 0) is 18.9 Å². The summed E-state index contributed by atoms with van der Waals surface area (Å²) in [6.07, 6.45) is 0.977. The first kappa shape index (κ1) is 13.6. The van der Waals surface area contributed by atoms with Gasteiger partial charge in [0.05, 0.1) is 6.04 Å². The Kier molecular flexibility index (Phi) is 4.03. The maximum atomic E-state index is 12.5. The van der Waals surface area contributed by atoms with Gasteiger partial charge < -0.3 is 10.2 Å². The van der Waals surface area contributed by atoms with E-state index in [9.17, 15) is 4.79 Å². The number of carbonyl (C=O) groups excluding carboxylic acids is 1. The molecule has 2 heterocycles. The minimum Gasteiger partial charge on any atom is -0.337 e. The van der Waals surface area contributed by atoms with Gasteiger partial charge in [0.1, 0.15) is 0 Å².